The van der Waals surface area contributed by atoms with Gasteiger partial charge in [-0.1, -0.05) is 65.9 Å². The van der Waals surface area contributed by atoms with E-state index in [1.165, 1.54) is 17.8 Å². The third kappa shape index (κ3) is 5.17. The van der Waals surface area contributed by atoms with Gasteiger partial charge in [0.05, 0.1) is 6.54 Å². The molecule has 0 aliphatic rings. The van der Waals surface area contributed by atoms with Crippen LogP contribution in [0.25, 0.3) is 10.8 Å². The lowest BCUT2D eigenvalue weighted by Gasteiger charge is -2.20. The number of nitrogens with one attached hydrogen (secondary N) is 1. The van der Waals surface area contributed by atoms with Crippen molar-refractivity contribution < 1.29 is 13.6 Å². The lowest BCUT2D eigenvalue weighted by Crippen LogP contribution is -2.36. The van der Waals surface area contributed by atoms with E-state index in [9.17, 15) is 13.6 Å². The van der Waals surface area contributed by atoms with Crippen molar-refractivity contribution in [1.82, 2.24) is 20.5 Å². The van der Waals surface area contributed by atoms with Crippen LogP contribution < -0.4 is 5.32 Å². The van der Waals surface area contributed by atoms with Crippen LogP contribution in [0.1, 0.15) is 33.0 Å². The fourth-order valence-electron chi connectivity index (χ4n) is 3.55. The summed E-state index contributed by atoms with van der Waals surface area (Å²) in [6.45, 7) is 4.22. The number of hydrogen-bond donors (Lipinski definition) is 1. The van der Waals surface area contributed by atoms with Crippen molar-refractivity contribution >= 4 is 28.4 Å². The van der Waals surface area contributed by atoms with Crippen molar-refractivity contribution in [2.45, 2.75) is 36.6 Å². The molecule has 0 aliphatic carbocycles. The van der Waals surface area contributed by atoms with Crippen LogP contribution in [-0.4, -0.2) is 27.6 Å². The number of carbonyl (C=O) groups excluding carboxylic acids is 1. The van der Waals surface area contributed by atoms with E-state index in [1.807, 2.05) is 49.4 Å². The summed E-state index contributed by atoms with van der Waals surface area (Å²) >= 11 is 1.22. The van der Waals surface area contributed by atoms with Crippen LogP contribution in [0.3, 0.4) is 0 Å². The molecular weight excluding hydrogens is 442 g/mol. The topological polar surface area (TPSA) is 67.8 Å². The quantitative estimate of drug-likeness (QED) is 0.401. The molecule has 4 rings (SSSR count). The van der Waals surface area contributed by atoms with E-state index in [0.29, 0.717) is 5.56 Å². The van der Waals surface area contributed by atoms with Gasteiger partial charge in [0.1, 0.15) is 5.82 Å². The zero-order valence-corrected chi connectivity index (χ0v) is 19.2. The number of rotatable bonds is 6. The summed E-state index contributed by atoms with van der Waals surface area (Å²) in [5, 5.41) is 12.8. The predicted molar refractivity (Wildman–Crippen MR) is 125 cm³/mol. The first kappa shape index (κ1) is 22.8. The predicted octanol–water partition coefficient (Wildman–Crippen LogP) is 5.62. The molecule has 33 heavy (non-hydrogen) atoms. The van der Waals surface area contributed by atoms with E-state index < -0.39 is 18.4 Å². The largest absolute Gasteiger partial charge is 0.344 e. The Balaban J connectivity index is 1.55. The number of halogens is 2. The molecule has 5 nitrogen and oxygen atoms in total. The van der Waals surface area contributed by atoms with Gasteiger partial charge in [-0.2, -0.15) is 8.78 Å². The molecule has 0 bridgehead atoms. The minimum absolute atomic E-state index is 0.0305. The summed E-state index contributed by atoms with van der Waals surface area (Å²) < 4.78 is 29.7. The van der Waals surface area contributed by atoms with Gasteiger partial charge in [-0.05, 0) is 49.2 Å². The van der Waals surface area contributed by atoms with E-state index in [0.717, 1.165) is 21.2 Å². The number of fused-ring (bicyclic) bond motifs is 1. The van der Waals surface area contributed by atoms with Crippen LogP contribution in [0.2, 0.25) is 0 Å². The second-order valence-electron chi connectivity index (χ2n) is 7.83. The lowest BCUT2D eigenvalue weighted by atomic mass is 10.0. The number of nitrogens with zero attached hydrogens (tertiary/aromatic N) is 3. The molecule has 4 aromatic rings. The Morgan fingerprint density at radius 3 is 2.48 bits per heavy atom. The summed E-state index contributed by atoms with van der Waals surface area (Å²) in [6.07, 6.45) is 0. The smallest absolute Gasteiger partial charge is 0.290 e. The van der Waals surface area contributed by atoms with Gasteiger partial charge in [-0.25, -0.2) is 4.98 Å². The Morgan fingerprint density at radius 1 is 0.970 bits per heavy atom. The van der Waals surface area contributed by atoms with Gasteiger partial charge in [-0.15, -0.1) is 10.2 Å². The highest BCUT2D eigenvalue weighted by atomic mass is 32.2. The molecule has 0 atom stereocenters. The second-order valence-corrected chi connectivity index (χ2v) is 8.89. The minimum Gasteiger partial charge on any atom is -0.344 e. The van der Waals surface area contributed by atoms with Crippen molar-refractivity contribution in [2.24, 2.45) is 0 Å². The first-order valence-electron chi connectivity index (χ1n) is 10.3. The average Bonchev–Trinajstić information content (AvgIpc) is 2.78. The van der Waals surface area contributed by atoms with Crippen LogP contribution >= 0.6 is 11.8 Å². The number of carbonyl (C=O) groups is 1. The van der Waals surface area contributed by atoms with Gasteiger partial charge in [0.25, 0.3) is 11.8 Å². The van der Waals surface area contributed by atoms with Crippen LogP contribution in [0, 0.1) is 20.8 Å². The molecule has 0 spiro atoms. The SMILES string of the molecule is Cc1ccc(C(F)(F)CNC(=O)c2nc(C)nnc2Sc2ccc3ccccc3c2)c(C)c1. The fourth-order valence-corrected chi connectivity index (χ4v) is 4.41. The molecular formula is C25H22F2N4OS. The number of amides is 1. The highest BCUT2D eigenvalue weighted by Gasteiger charge is 2.34. The number of alkyl halides is 2. The lowest BCUT2D eigenvalue weighted by molar-refractivity contribution is -0.00316. The number of aromatic nitrogens is 3. The van der Waals surface area contributed by atoms with Crippen molar-refractivity contribution in [1.29, 1.82) is 0 Å². The number of benzene rings is 3. The third-order valence-electron chi connectivity index (χ3n) is 5.16. The van der Waals surface area contributed by atoms with E-state index >= 15 is 0 Å². The summed E-state index contributed by atoms with van der Waals surface area (Å²) in [5.74, 6) is -3.67. The highest BCUT2D eigenvalue weighted by molar-refractivity contribution is 7.99. The molecule has 1 N–H and O–H groups in total. The van der Waals surface area contributed by atoms with E-state index in [4.69, 9.17) is 0 Å². The normalized spacial score (nSPS) is 11.5. The number of hydrogen-bond acceptors (Lipinski definition) is 5. The maximum atomic E-state index is 14.8. The molecule has 168 valence electrons. The van der Waals surface area contributed by atoms with Crippen molar-refractivity contribution in [3.8, 4) is 0 Å². The standard InChI is InChI=1S/C25H22F2N4OS/c1-15-8-11-21(16(2)12-15)25(26,27)14-28-23(32)22-24(31-30-17(3)29-22)33-20-10-9-18-6-4-5-7-19(18)13-20/h4-13H,14H2,1-3H3,(H,28,32). The maximum Gasteiger partial charge on any atom is 0.290 e. The Labute approximate surface area is 194 Å². The minimum atomic E-state index is -3.23. The van der Waals surface area contributed by atoms with Crippen LogP contribution in [0.4, 0.5) is 8.78 Å². The molecule has 0 saturated carbocycles. The zero-order chi connectivity index (χ0) is 23.6. The summed E-state index contributed by atoms with van der Waals surface area (Å²) in [7, 11) is 0. The summed E-state index contributed by atoms with van der Waals surface area (Å²) in [6, 6.07) is 18.5. The molecule has 1 amide bonds. The van der Waals surface area contributed by atoms with Gasteiger partial charge in [0.15, 0.2) is 10.7 Å². The molecule has 0 unspecified atom stereocenters. The van der Waals surface area contributed by atoms with Gasteiger partial charge in [0.2, 0.25) is 0 Å². The number of aryl methyl sites for hydroxylation is 3. The Hall–Kier alpha value is -3.39. The molecule has 8 heteroatoms. The van der Waals surface area contributed by atoms with Crippen molar-refractivity contribution in [3.63, 3.8) is 0 Å². The van der Waals surface area contributed by atoms with Gasteiger partial charge in [-0.3, -0.25) is 4.79 Å². The maximum absolute atomic E-state index is 14.8. The first-order valence-corrected chi connectivity index (χ1v) is 11.2. The van der Waals surface area contributed by atoms with Crippen LogP contribution in [0.15, 0.2) is 70.6 Å². The van der Waals surface area contributed by atoms with E-state index in [2.05, 4.69) is 20.5 Å². The van der Waals surface area contributed by atoms with E-state index in [-0.39, 0.29) is 22.1 Å². The molecule has 0 radical (unpaired) electrons. The molecule has 0 saturated heterocycles. The molecule has 1 heterocycles. The van der Waals surface area contributed by atoms with Gasteiger partial charge in [0, 0.05) is 10.5 Å². The second kappa shape index (κ2) is 9.23. The zero-order valence-electron chi connectivity index (χ0n) is 18.4. The first-order chi connectivity index (χ1) is 15.7. The molecule has 1 aromatic heterocycles. The Kier molecular flexibility index (Phi) is 6.37. The average molecular weight is 465 g/mol. The van der Waals surface area contributed by atoms with E-state index in [1.54, 1.807) is 26.0 Å². The molecule has 3 aromatic carbocycles. The summed E-state index contributed by atoms with van der Waals surface area (Å²) in [5.41, 5.74) is 1.23. The molecule has 0 aliphatic heterocycles. The van der Waals surface area contributed by atoms with Crippen LogP contribution in [-0.2, 0) is 5.92 Å². The van der Waals surface area contributed by atoms with Gasteiger partial charge >= 0.3 is 0 Å². The fraction of sp³-hybridized carbons (Fsp3) is 0.200. The molecule has 0 fully saturated rings. The third-order valence-corrected chi connectivity index (χ3v) is 6.12. The monoisotopic (exact) mass is 464 g/mol. The summed E-state index contributed by atoms with van der Waals surface area (Å²) in [4.78, 5) is 17.9. The van der Waals surface area contributed by atoms with Crippen molar-refractivity contribution in [2.75, 3.05) is 6.54 Å². The Bertz CT molecular complexity index is 1340. The highest BCUT2D eigenvalue weighted by Crippen LogP contribution is 2.32. The Morgan fingerprint density at radius 2 is 1.73 bits per heavy atom. The van der Waals surface area contributed by atoms with Gasteiger partial charge < -0.3 is 5.32 Å². The van der Waals surface area contributed by atoms with Crippen molar-refractivity contribution in [3.05, 3.63) is 88.9 Å². The van der Waals surface area contributed by atoms with Crippen LogP contribution in [0.5, 0.6) is 0 Å².